The second kappa shape index (κ2) is 9.31. The Kier molecular flexibility index (Phi) is 8.05. The Morgan fingerprint density at radius 1 is 1.21 bits per heavy atom. The lowest BCUT2D eigenvalue weighted by Crippen LogP contribution is -2.22. The highest BCUT2D eigenvalue weighted by atomic mass is 127. The molecular formula is C15H21IO3. The highest BCUT2D eigenvalue weighted by Crippen LogP contribution is 2.07. The van der Waals surface area contributed by atoms with Crippen molar-refractivity contribution in [1.82, 2.24) is 0 Å². The molecule has 0 radical (unpaired) electrons. The van der Waals surface area contributed by atoms with Gasteiger partial charge in [0.1, 0.15) is 0 Å². The average Bonchev–Trinajstić information content (AvgIpc) is 2.45. The van der Waals surface area contributed by atoms with Crippen molar-refractivity contribution in [2.45, 2.75) is 20.5 Å². The molecule has 2 atom stereocenters. The second-order valence-electron chi connectivity index (χ2n) is 4.79. The fourth-order valence-electron chi connectivity index (χ4n) is 1.41. The summed E-state index contributed by atoms with van der Waals surface area (Å²) in [5.41, 5.74) is 1.11. The predicted molar refractivity (Wildman–Crippen MR) is 84.3 cm³/mol. The highest BCUT2D eigenvalue weighted by Gasteiger charge is 2.15. The molecule has 0 spiro atoms. The van der Waals surface area contributed by atoms with Crippen LogP contribution < -0.4 is 0 Å². The van der Waals surface area contributed by atoms with Gasteiger partial charge >= 0.3 is 5.97 Å². The third kappa shape index (κ3) is 6.92. The summed E-state index contributed by atoms with van der Waals surface area (Å²) in [6, 6.07) is 9.93. The summed E-state index contributed by atoms with van der Waals surface area (Å²) in [5, 5.41) is 0. The molecule has 0 aromatic heterocycles. The minimum absolute atomic E-state index is 0.176. The Bertz CT molecular complexity index is 367. The van der Waals surface area contributed by atoms with Gasteiger partial charge in [-0.3, -0.25) is 4.79 Å². The fourth-order valence-corrected chi connectivity index (χ4v) is 1.66. The van der Waals surface area contributed by atoms with Crippen LogP contribution in [0.25, 0.3) is 0 Å². The van der Waals surface area contributed by atoms with Gasteiger partial charge in [0.25, 0.3) is 0 Å². The molecule has 3 nitrogen and oxygen atoms in total. The fraction of sp³-hybridized carbons (Fsp3) is 0.533. The van der Waals surface area contributed by atoms with Gasteiger partial charge in [0, 0.05) is 4.43 Å². The molecular weight excluding hydrogens is 355 g/mol. The van der Waals surface area contributed by atoms with Crippen LogP contribution in [0.5, 0.6) is 0 Å². The van der Waals surface area contributed by atoms with E-state index in [4.69, 9.17) is 9.47 Å². The van der Waals surface area contributed by atoms with Crippen LogP contribution in [-0.4, -0.2) is 23.6 Å². The molecule has 0 amide bonds. The Morgan fingerprint density at radius 2 is 1.89 bits per heavy atom. The topological polar surface area (TPSA) is 35.5 Å². The molecule has 0 fully saturated rings. The monoisotopic (exact) mass is 376 g/mol. The molecule has 0 aliphatic rings. The number of esters is 1. The van der Waals surface area contributed by atoms with E-state index in [2.05, 4.69) is 29.5 Å². The second-order valence-corrected chi connectivity index (χ2v) is 5.67. The van der Waals surface area contributed by atoms with Crippen LogP contribution in [0.3, 0.4) is 0 Å². The summed E-state index contributed by atoms with van der Waals surface area (Å²) in [6.07, 6.45) is 0. The maximum absolute atomic E-state index is 11.7. The van der Waals surface area contributed by atoms with E-state index in [0.717, 1.165) is 9.99 Å². The van der Waals surface area contributed by atoms with Gasteiger partial charge in [-0.1, -0.05) is 59.8 Å². The Hall–Kier alpha value is -0.620. The van der Waals surface area contributed by atoms with Gasteiger partial charge in [-0.25, -0.2) is 0 Å². The van der Waals surface area contributed by atoms with Gasteiger partial charge in [0.05, 0.1) is 25.7 Å². The highest BCUT2D eigenvalue weighted by molar-refractivity contribution is 14.1. The van der Waals surface area contributed by atoms with E-state index >= 15 is 0 Å². The van der Waals surface area contributed by atoms with E-state index in [1.54, 1.807) is 0 Å². The molecule has 1 aromatic carbocycles. The van der Waals surface area contributed by atoms with Crippen molar-refractivity contribution in [2.75, 3.05) is 17.6 Å². The lowest BCUT2D eigenvalue weighted by Gasteiger charge is -2.14. The van der Waals surface area contributed by atoms with Crippen molar-refractivity contribution < 1.29 is 14.3 Å². The Labute approximate surface area is 128 Å². The molecule has 0 N–H and O–H groups in total. The van der Waals surface area contributed by atoms with Crippen LogP contribution in [0.2, 0.25) is 0 Å². The summed E-state index contributed by atoms with van der Waals surface area (Å²) >= 11 is 2.29. The van der Waals surface area contributed by atoms with Gasteiger partial charge in [0.2, 0.25) is 0 Å². The number of halogens is 1. The quantitative estimate of drug-likeness (QED) is 0.396. The standard InChI is InChI=1S/C15H21IO3/c1-12(8-16)9-19-15(17)13(2)10-18-11-14-6-4-3-5-7-14/h3-7,12-13H,8-11H2,1-2H3/t12-,13-/m0/s1. The molecule has 19 heavy (non-hydrogen) atoms. The minimum atomic E-state index is -0.217. The van der Waals surface area contributed by atoms with Crippen LogP contribution in [0.15, 0.2) is 30.3 Å². The van der Waals surface area contributed by atoms with Gasteiger partial charge in [-0.05, 0) is 18.4 Å². The van der Waals surface area contributed by atoms with E-state index < -0.39 is 0 Å². The SMILES string of the molecule is C[C@@H](CI)COC(=O)[C@@H](C)COCc1ccccc1. The number of carbonyl (C=O) groups is 1. The molecule has 0 aliphatic heterocycles. The zero-order chi connectivity index (χ0) is 14.1. The van der Waals surface area contributed by atoms with Crippen LogP contribution in [-0.2, 0) is 20.9 Å². The zero-order valence-electron chi connectivity index (χ0n) is 11.5. The number of rotatable bonds is 8. The number of ether oxygens (including phenoxy) is 2. The van der Waals surface area contributed by atoms with Crippen molar-refractivity contribution >= 4 is 28.6 Å². The van der Waals surface area contributed by atoms with Crippen LogP contribution in [0.1, 0.15) is 19.4 Å². The van der Waals surface area contributed by atoms with E-state index in [0.29, 0.717) is 25.7 Å². The first-order chi connectivity index (χ1) is 9.13. The summed E-state index contributed by atoms with van der Waals surface area (Å²) in [7, 11) is 0. The first kappa shape index (κ1) is 16.4. The van der Waals surface area contributed by atoms with Crippen molar-refractivity contribution in [2.24, 2.45) is 11.8 Å². The van der Waals surface area contributed by atoms with Crippen molar-refractivity contribution in [3.8, 4) is 0 Å². The Morgan fingerprint density at radius 3 is 2.53 bits per heavy atom. The first-order valence-corrected chi connectivity index (χ1v) is 8.00. The smallest absolute Gasteiger partial charge is 0.311 e. The largest absolute Gasteiger partial charge is 0.465 e. The van der Waals surface area contributed by atoms with Gasteiger partial charge in [0.15, 0.2) is 0 Å². The molecule has 0 saturated carbocycles. The predicted octanol–water partition coefficient (Wildman–Crippen LogP) is 3.45. The van der Waals surface area contributed by atoms with E-state index in [1.807, 2.05) is 37.3 Å². The first-order valence-electron chi connectivity index (χ1n) is 6.47. The molecule has 0 saturated heterocycles. The maximum atomic E-state index is 11.7. The van der Waals surface area contributed by atoms with E-state index in [9.17, 15) is 4.79 Å². The molecule has 0 unspecified atom stereocenters. The van der Waals surface area contributed by atoms with Crippen LogP contribution in [0.4, 0.5) is 0 Å². The zero-order valence-corrected chi connectivity index (χ0v) is 13.6. The van der Waals surface area contributed by atoms with Crippen molar-refractivity contribution in [3.63, 3.8) is 0 Å². The minimum Gasteiger partial charge on any atom is -0.465 e. The molecule has 0 bridgehead atoms. The van der Waals surface area contributed by atoms with Crippen molar-refractivity contribution in [1.29, 1.82) is 0 Å². The molecule has 1 rings (SSSR count). The number of carbonyl (C=O) groups excluding carboxylic acids is 1. The van der Waals surface area contributed by atoms with Gasteiger partial charge < -0.3 is 9.47 Å². The lowest BCUT2D eigenvalue weighted by atomic mass is 10.2. The van der Waals surface area contributed by atoms with Gasteiger partial charge in [-0.15, -0.1) is 0 Å². The summed E-state index contributed by atoms with van der Waals surface area (Å²) in [6.45, 7) is 5.32. The number of hydrogen-bond donors (Lipinski definition) is 0. The third-order valence-corrected chi connectivity index (χ3v) is 4.16. The third-order valence-electron chi connectivity index (χ3n) is 2.66. The van der Waals surface area contributed by atoms with E-state index in [1.165, 1.54) is 0 Å². The Balaban J connectivity index is 2.19. The molecule has 1 aromatic rings. The maximum Gasteiger partial charge on any atom is 0.311 e. The van der Waals surface area contributed by atoms with Crippen LogP contribution in [0, 0.1) is 11.8 Å². The number of alkyl halides is 1. The normalized spacial score (nSPS) is 13.8. The average molecular weight is 376 g/mol. The lowest BCUT2D eigenvalue weighted by molar-refractivity contribution is -0.151. The molecule has 0 heterocycles. The van der Waals surface area contributed by atoms with Crippen LogP contribution >= 0.6 is 22.6 Å². The molecule has 4 heteroatoms. The molecule has 0 aliphatic carbocycles. The van der Waals surface area contributed by atoms with Crippen molar-refractivity contribution in [3.05, 3.63) is 35.9 Å². The number of hydrogen-bond acceptors (Lipinski definition) is 3. The molecule has 106 valence electrons. The summed E-state index contributed by atoms with van der Waals surface area (Å²) in [5.74, 6) is 0.0110. The summed E-state index contributed by atoms with van der Waals surface area (Å²) < 4.78 is 11.8. The van der Waals surface area contributed by atoms with E-state index in [-0.39, 0.29) is 11.9 Å². The summed E-state index contributed by atoms with van der Waals surface area (Å²) in [4.78, 5) is 11.7. The van der Waals surface area contributed by atoms with Gasteiger partial charge in [-0.2, -0.15) is 0 Å². The number of benzene rings is 1.